The van der Waals surface area contributed by atoms with Crippen molar-refractivity contribution in [2.24, 2.45) is 0 Å². The molecule has 0 aromatic carbocycles. The van der Waals surface area contributed by atoms with Crippen molar-refractivity contribution < 1.29 is 14.6 Å². The summed E-state index contributed by atoms with van der Waals surface area (Å²) in [7, 11) is 0. The molecule has 1 saturated heterocycles. The minimum absolute atomic E-state index is 0. The van der Waals surface area contributed by atoms with E-state index < -0.39 is 12.1 Å². The van der Waals surface area contributed by atoms with E-state index in [2.05, 4.69) is 9.88 Å². The fourth-order valence-corrected chi connectivity index (χ4v) is 1.75. The number of pyridine rings is 1. The minimum atomic E-state index is -0.893. The van der Waals surface area contributed by atoms with Crippen molar-refractivity contribution in [3.63, 3.8) is 0 Å². The lowest BCUT2D eigenvalue weighted by Gasteiger charge is -2.30. The van der Waals surface area contributed by atoms with Crippen LogP contribution in [-0.2, 0) is 16.1 Å². The van der Waals surface area contributed by atoms with E-state index in [1.165, 1.54) is 0 Å². The highest BCUT2D eigenvalue weighted by Gasteiger charge is 2.25. The molecule has 1 unspecified atom stereocenters. The van der Waals surface area contributed by atoms with Gasteiger partial charge in [0.2, 0.25) is 0 Å². The molecule has 0 spiro atoms. The third kappa shape index (κ3) is 4.78. The van der Waals surface area contributed by atoms with E-state index in [1.54, 1.807) is 12.4 Å². The van der Waals surface area contributed by atoms with Gasteiger partial charge >= 0.3 is 5.97 Å². The Morgan fingerprint density at radius 2 is 2.33 bits per heavy atom. The van der Waals surface area contributed by atoms with Gasteiger partial charge in [-0.05, 0) is 11.6 Å². The fourth-order valence-electron chi connectivity index (χ4n) is 1.75. The van der Waals surface area contributed by atoms with Crippen molar-refractivity contribution in [1.29, 1.82) is 0 Å². The van der Waals surface area contributed by atoms with E-state index in [0.29, 0.717) is 13.2 Å². The molecule has 2 rings (SSSR count). The number of aromatic nitrogens is 1. The zero-order valence-electron chi connectivity index (χ0n) is 9.69. The number of morpholine rings is 1. The van der Waals surface area contributed by atoms with Crippen LogP contribution in [0.4, 0.5) is 0 Å². The van der Waals surface area contributed by atoms with Crippen LogP contribution in [0.5, 0.6) is 0 Å². The molecule has 0 saturated carbocycles. The Morgan fingerprint density at radius 3 is 2.94 bits per heavy atom. The van der Waals surface area contributed by atoms with Gasteiger partial charge in [0.15, 0.2) is 6.10 Å². The first-order valence-electron chi connectivity index (χ1n) is 5.21. The minimum Gasteiger partial charge on any atom is -0.479 e. The van der Waals surface area contributed by atoms with Crippen LogP contribution in [0.25, 0.3) is 0 Å². The van der Waals surface area contributed by atoms with E-state index in [0.717, 1.165) is 18.7 Å². The van der Waals surface area contributed by atoms with Gasteiger partial charge < -0.3 is 9.84 Å². The van der Waals surface area contributed by atoms with Crippen LogP contribution in [0.15, 0.2) is 24.5 Å². The topological polar surface area (TPSA) is 62.7 Å². The van der Waals surface area contributed by atoms with Gasteiger partial charge in [-0.3, -0.25) is 9.88 Å². The maximum absolute atomic E-state index is 10.8. The average Bonchev–Trinajstić information content (AvgIpc) is 2.30. The lowest BCUT2D eigenvalue weighted by molar-refractivity contribution is -0.156. The van der Waals surface area contributed by atoms with E-state index in [1.807, 2.05) is 12.1 Å². The Morgan fingerprint density at radius 1 is 1.56 bits per heavy atom. The summed E-state index contributed by atoms with van der Waals surface area (Å²) >= 11 is 0. The summed E-state index contributed by atoms with van der Waals surface area (Å²) in [5.74, 6) is -0.893. The summed E-state index contributed by atoms with van der Waals surface area (Å²) in [6.07, 6.45) is 2.82. The molecule has 7 heteroatoms. The first-order chi connectivity index (χ1) is 7.75. The summed E-state index contributed by atoms with van der Waals surface area (Å²) in [6.45, 7) is 2.39. The number of rotatable bonds is 3. The molecule has 0 aliphatic carbocycles. The van der Waals surface area contributed by atoms with Crippen LogP contribution >= 0.6 is 24.8 Å². The van der Waals surface area contributed by atoms with Gasteiger partial charge in [-0.1, -0.05) is 6.07 Å². The summed E-state index contributed by atoms with van der Waals surface area (Å²) in [6, 6.07) is 3.86. The van der Waals surface area contributed by atoms with Gasteiger partial charge in [0.25, 0.3) is 0 Å². The van der Waals surface area contributed by atoms with Crippen LogP contribution < -0.4 is 0 Å². The Bertz CT molecular complexity index is 365. The first-order valence-corrected chi connectivity index (χ1v) is 5.21. The normalized spacial score (nSPS) is 19.4. The highest BCUT2D eigenvalue weighted by atomic mass is 35.5. The molecular formula is C11H16Cl2N2O3. The Labute approximate surface area is 118 Å². The van der Waals surface area contributed by atoms with Gasteiger partial charge in [0.1, 0.15) is 0 Å². The molecule has 5 nitrogen and oxygen atoms in total. The van der Waals surface area contributed by atoms with Gasteiger partial charge in [0, 0.05) is 32.0 Å². The maximum Gasteiger partial charge on any atom is 0.334 e. The number of nitrogens with zero attached hydrogens (tertiary/aromatic N) is 2. The van der Waals surface area contributed by atoms with Crippen LogP contribution in [-0.4, -0.2) is 46.8 Å². The fraction of sp³-hybridized carbons (Fsp3) is 0.455. The molecule has 1 N–H and O–H groups in total. The molecule has 0 bridgehead atoms. The Hall–Kier alpha value is -0.880. The average molecular weight is 295 g/mol. The molecule has 102 valence electrons. The Kier molecular flexibility index (Phi) is 7.86. The lowest BCUT2D eigenvalue weighted by atomic mass is 10.2. The van der Waals surface area contributed by atoms with Crippen molar-refractivity contribution in [2.45, 2.75) is 12.6 Å². The van der Waals surface area contributed by atoms with Crippen molar-refractivity contribution in [3.05, 3.63) is 30.1 Å². The molecule has 1 fully saturated rings. The highest BCUT2D eigenvalue weighted by Crippen LogP contribution is 2.09. The van der Waals surface area contributed by atoms with Gasteiger partial charge in [0.05, 0.1) is 6.61 Å². The Balaban J connectivity index is 0.00000144. The van der Waals surface area contributed by atoms with E-state index in [-0.39, 0.29) is 24.8 Å². The van der Waals surface area contributed by atoms with E-state index >= 15 is 0 Å². The van der Waals surface area contributed by atoms with Crippen LogP contribution in [0.1, 0.15) is 5.56 Å². The molecule has 2 heterocycles. The molecule has 0 radical (unpaired) electrons. The predicted octanol–water partition coefficient (Wildman–Crippen LogP) is 1.21. The van der Waals surface area contributed by atoms with E-state index in [4.69, 9.17) is 9.84 Å². The van der Waals surface area contributed by atoms with Crippen molar-refractivity contribution in [3.8, 4) is 0 Å². The molecule has 1 aliphatic rings. The smallest absolute Gasteiger partial charge is 0.334 e. The monoisotopic (exact) mass is 294 g/mol. The summed E-state index contributed by atoms with van der Waals surface area (Å²) in [4.78, 5) is 16.9. The second kappa shape index (κ2) is 8.26. The number of hydrogen-bond donors (Lipinski definition) is 1. The summed E-state index contributed by atoms with van der Waals surface area (Å²) < 4.78 is 5.15. The second-order valence-electron chi connectivity index (χ2n) is 3.79. The molecule has 1 aromatic heterocycles. The maximum atomic E-state index is 10.8. The summed E-state index contributed by atoms with van der Waals surface area (Å²) in [5.41, 5.74) is 1.09. The van der Waals surface area contributed by atoms with Gasteiger partial charge in [-0.25, -0.2) is 4.79 Å². The first kappa shape index (κ1) is 17.1. The predicted molar refractivity (Wildman–Crippen MR) is 71.4 cm³/mol. The van der Waals surface area contributed by atoms with Crippen molar-refractivity contribution >= 4 is 30.8 Å². The molecule has 1 aromatic rings. The van der Waals surface area contributed by atoms with Crippen LogP contribution in [0.2, 0.25) is 0 Å². The number of ether oxygens (including phenoxy) is 1. The third-order valence-electron chi connectivity index (χ3n) is 2.55. The zero-order chi connectivity index (χ0) is 11.4. The molecular weight excluding hydrogens is 279 g/mol. The van der Waals surface area contributed by atoms with Crippen LogP contribution in [0, 0.1) is 0 Å². The second-order valence-corrected chi connectivity index (χ2v) is 3.79. The number of aliphatic carboxylic acids is 1. The number of carbonyl (C=O) groups is 1. The quantitative estimate of drug-likeness (QED) is 0.908. The molecule has 1 aliphatic heterocycles. The number of carboxylic acids is 1. The van der Waals surface area contributed by atoms with Gasteiger partial charge in [-0.15, -0.1) is 24.8 Å². The van der Waals surface area contributed by atoms with Crippen LogP contribution in [0.3, 0.4) is 0 Å². The number of hydrogen-bond acceptors (Lipinski definition) is 4. The molecule has 0 amide bonds. The SMILES string of the molecule is Cl.Cl.O=C(O)C1CN(Cc2cccnc2)CCO1. The zero-order valence-corrected chi connectivity index (χ0v) is 11.3. The largest absolute Gasteiger partial charge is 0.479 e. The number of halogens is 2. The van der Waals surface area contributed by atoms with Crippen molar-refractivity contribution in [2.75, 3.05) is 19.7 Å². The highest BCUT2D eigenvalue weighted by molar-refractivity contribution is 5.85. The third-order valence-corrected chi connectivity index (χ3v) is 2.55. The molecule has 18 heavy (non-hydrogen) atoms. The van der Waals surface area contributed by atoms with Gasteiger partial charge in [-0.2, -0.15) is 0 Å². The van der Waals surface area contributed by atoms with E-state index in [9.17, 15) is 4.79 Å². The standard InChI is InChI=1S/C11H14N2O3.2ClH/c14-11(15)10-8-13(4-5-16-10)7-9-2-1-3-12-6-9;;/h1-3,6,10H,4-5,7-8H2,(H,14,15);2*1H. The lowest BCUT2D eigenvalue weighted by Crippen LogP contribution is -2.45. The number of carboxylic acid groups (broad SMARTS) is 1. The van der Waals surface area contributed by atoms with Crippen molar-refractivity contribution in [1.82, 2.24) is 9.88 Å². The molecule has 1 atom stereocenters. The summed E-state index contributed by atoms with van der Waals surface area (Å²) in [5, 5.41) is 8.86.